The average Bonchev–Trinajstić information content (AvgIpc) is 2.53. The second-order valence-electron chi connectivity index (χ2n) is 3.90. The van der Waals surface area contributed by atoms with Gasteiger partial charge >= 0.3 is 0 Å². The van der Waals surface area contributed by atoms with Crippen molar-refractivity contribution < 1.29 is 0 Å². The molecule has 0 aliphatic carbocycles. The van der Waals surface area contributed by atoms with Gasteiger partial charge in [-0.25, -0.2) is 0 Å². The summed E-state index contributed by atoms with van der Waals surface area (Å²) in [6, 6.07) is 0. The Morgan fingerprint density at radius 3 is 2.83 bits per heavy atom. The van der Waals surface area contributed by atoms with Crippen LogP contribution in [0.1, 0.15) is 32.6 Å². The van der Waals surface area contributed by atoms with E-state index in [1.54, 1.807) is 0 Å². The molecule has 0 spiro atoms. The highest BCUT2D eigenvalue weighted by Crippen LogP contribution is 2.15. The van der Waals surface area contributed by atoms with Crippen LogP contribution in [-0.4, -0.2) is 31.1 Å². The molecule has 1 heterocycles. The molecule has 1 unspecified atom stereocenters. The van der Waals surface area contributed by atoms with Gasteiger partial charge in [-0.05, 0) is 38.4 Å². The molecule has 1 saturated heterocycles. The minimum absolute atomic E-state index is 0.784. The molecule has 0 aromatic carbocycles. The number of nitrogens with zero attached hydrogens (tertiary/aromatic N) is 1. The predicted octanol–water partition coefficient (Wildman–Crippen LogP) is 1.46. The van der Waals surface area contributed by atoms with Crippen LogP contribution in [0.3, 0.4) is 0 Å². The summed E-state index contributed by atoms with van der Waals surface area (Å²) in [4.78, 5) is 2.56. The maximum absolute atomic E-state index is 5.62. The van der Waals surface area contributed by atoms with E-state index in [1.807, 2.05) is 0 Å². The second-order valence-corrected chi connectivity index (χ2v) is 3.90. The minimum Gasteiger partial charge on any atom is -0.330 e. The molecule has 2 N–H and O–H groups in total. The van der Waals surface area contributed by atoms with Gasteiger partial charge in [0.1, 0.15) is 0 Å². The van der Waals surface area contributed by atoms with Crippen molar-refractivity contribution in [2.75, 3.05) is 26.2 Å². The van der Waals surface area contributed by atoms with Crippen LogP contribution in [0.15, 0.2) is 0 Å². The summed E-state index contributed by atoms with van der Waals surface area (Å²) >= 11 is 0. The Balaban J connectivity index is 2.03. The van der Waals surface area contributed by atoms with Crippen LogP contribution in [0, 0.1) is 5.92 Å². The summed E-state index contributed by atoms with van der Waals surface area (Å²) in [6.45, 7) is 6.97. The topological polar surface area (TPSA) is 29.3 Å². The standard InChI is InChI=1S/C10H22N2/c1-2-3-4-6-12-7-5-10(8-11)9-12/h10H,2-9,11H2,1H3. The van der Waals surface area contributed by atoms with Crippen molar-refractivity contribution in [2.24, 2.45) is 11.7 Å². The van der Waals surface area contributed by atoms with Crippen molar-refractivity contribution in [1.29, 1.82) is 0 Å². The summed E-state index contributed by atoms with van der Waals surface area (Å²) in [5.41, 5.74) is 5.62. The predicted molar refractivity (Wildman–Crippen MR) is 53.1 cm³/mol. The lowest BCUT2D eigenvalue weighted by Crippen LogP contribution is -2.24. The fourth-order valence-electron chi connectivity index (χ4n) is 1.89. The van der Waals surface area contributed by atoms with Gasteiger partial charge < -0.3 is 10.6 Å². The van der Waals surface area contributed by atoms with E-state index in [2.05, 4.69) is 11.8 Å². The van der Waals surface area contributed by atoms with Crippen molar-refractivity contribution in [3.05, 3.63) is 0 Å². The summed E-state index contributed by atoms with van der Waals surface area (Å²) in [5, 5.41) is 0. The van der Waals surface area contributed by atoms with Gasteiger partial charge in [0.2, 0.25) is 0 Å². The zero-order chi connectivity index (χ0) is 8.81. The molecule has 12 heavy (non-hydrogen) atoms. The summed E-state index contributed by atoms with van der Waals surface area (Å²) < 4.78 is 0. The van der Waals surface area contributed by atoms with E-state index < -0.39 is 0 Å². The molecule has 0 aromatic rings. The third kappa shape index (κ3) is 3.11. The highest BCUT2D eigenvalue weighted by atomic mass is 15.1. The van der Waals surface area contributed by atoms with Crippen LogP contribution < -0.4 is 5.73 Å². The van der Waals surface area contributed by atoms with Crippen LogP contribution >= 0.6 is 0 Å². The Labute approximate surface area is 76.1 Å². The van der Waals surface area contributed by atoms with Gasteiger partial charge in [0.15, 0.2) is 0 Å². The lowest BCUT2D eigenvalue weighted by molar-refractivity contribution is 0.317. The van der Waals surface area contributed by atoms with Crippen LogP contribution in [0.4, 0.5) is 0 Å². The SMILES string of the molecule is CCCCCN1CCC(CN)C1. The number of unbranched alkanes of at least 4 members (excludes halogenated alkanes) is 2. The van der Waals surface area contributed by atoms with Gasteiger partial charge in [0.25, 0.3) is 0 Å². The summed E-state index contributed by atoms with van der Waals surface area (Å²) in [7, 11) is 0. The van der Waals surface area contributed by atoms with Crippen LogP contribution in [-0.2, 0) is 0 Å². The van der Waals surface area contributed by atoms with Crippen molar-refractivity contribution in [3.8, 4) is 0 Å². The molecule has 1 fully saturated rings. The molecule has 0 saturated carbocycles. The van der Waals surface area contributed by atoms with E-state index >= 15 is 0 Å². The molecule has 0 bridgehead atoms. The first-order chi connectivity index (χ1) is 5.86. The average molecular weight is 170 g/mol. The number of nitrogens with two attached hydrogens (primary N) is 1. The Kier molecular flexibility index (Phi) is 4.62. The van der Waals surface area contributed by atoms with E-state index in [4.69, 9.17) is 5.73 Å². The number of rotatable bonds is 5. The monoisotopic (exact) mass is 170 g/mol. The normalized spacial score (nSPS) is 25.0. The lowest BCUT2D eigenvalue weighted by atomic mass is 10.1. The zero-order valence-corrected chi connectivity index (χ0v) is 8.26. The van der Waals surface area contributed by atoms with Gasteiger partial charge in [-0.3, -0.25) is 0 Å². The molecule has 0 radical (unpaired) electrons. The van der Waals surface area contributed by atoms with Gasteiger partial charge in [-0.1, -0.05) is 19.8 Å². The molecule has 2 heteroatoms. The van der Waals surface area contributed by atoms with Crippen molar-refractivity contribution in [2.45, 2.75) is 32.6 Å². The highest BCUT2D eigenvalue weighted by Gasteiger charge is 2.19. The first-order valence-electron chi connectivity index (χ1n) is 5.29. The van der Waals surface area contributed by atoms with Gasteiger partial charge in [-0.2, -0.15) is 0 Å². The molecule has 1 aliphatic rings. The Hall–Kier alpha value is -0.0800. The van der Waals surface area contributed by atoms with E-state index in [0.717, 1.165) is 12.5 Å². The molecule has 0 aromatic heterocycles. The quantitative estimate of drug-likeness (QED) is 0.633. The highest BCUT2D eigenvalue weighted by molar-refractivity contribution is 4.75. The van der Waals surface area contributed by atoms with Gasteiger partial charge in [-0.15, -0.1) is 0 Å². The Morgan fingerprint density at radius 1 is 1.42 bits per heavy atom. The number of hydrogen-bond donors (Lipinski definition) is 1. The summed E-state index contributed by atoms with van der Waals surface area (Å²) in [5.74, 6) is 0.784. The molecular weight excluding hydrogens is 148 g/mol. The van der Waals surface area contributed by atoms with Crippen molar-refractivity contribution >= 4 is 0 Å². The lowest BCUT2D eigenvalue weighted by Gasteiger charge is -2.14. The van der Waals surface area contributed by atoms with E-state index in [0.29, 0.717) is 0 Å². The third-order valence-corrected chi connectivity index (χ3v) is 2.78. The minimum atomic E-state index is 0.784. The maximum Gasteiger partial charge on any atom is 0.00222 e. The van der Waals surface area contributed by atoms with E-state index in [9.17, 15) is 0 Å². The van der Waals surface area contributed by atoms with Crippen LogP contribution in [0.25, 0.3) is 0 Å². The zero-order valence-electron chi connectivity index (χ0n) is 8.26. The second kappa shape index (κ2) is 5.55. The fourth-order valence-corrected chi connectivity index (χ4v) is 1.89. The molecule has 1 aliphatic heterocycles. The van der Waals surface area contributed by atoms with Crippen LogP contribution in [0.5, 0.6) is 0 Å². The summed E-state index contributed by atoms with van der Waals surface area (Å²) in [6.07, 6.45) is 5.40. The first-order valence-corrected chi connectivity index (χ1v) is 5.29. The first kappa shape index (κ1) is 10.0. The van der Waals surface area contributed by atoms with Crippen molar-refractivity contribution in [1.82, 2.24) is 4.90 Å². The van der Waals surface area contributed by atoms with Gasteiger partial charge in [0, 0.05) is 6.54 Å². The molecule has 0 amide bonds. The Bertz CT molecular complexity index is 114. The smallest absolute Gasteiger partial charge is 0.00222 e. The largest absolute Gasteiger partial charge is 0.330 e. The Morgan fingerprint density at radius 2 is 2.25 bits per heavy atom. The van der Waals surface area contributed by atoms with E-state index in [1.165, 1.54) is 45.3 Å². The number of hydrogen-bond acceptors (Lipinski definition) is 2. The molecular formula is C10H22N2. The molecule has 72 valence electrons. The van der Waals surface area contributed by atoms with Crippen LogP contribution in [0.2, 0.25) is 0 Å². The fraction of sp³-hybridized carbons (Fsp3) is 1.00. The van der Waals surface area contributed by atoms with E-state index in [-0.39, 0.29) is 0 Å². The maximum atomic E-state index is 5.62. The van der Waals surface area contributed by atoms with Crippen molar-refractivity contribution in [3.63, 3.8) is 0 Å². The number of likely N-dealkylation sites (tertiary alicyclic amines) is 1. The third-order valence-electron chi connectivity index (χ3n) is 2.78. The molecule has 1 atom stereocenters. The molecule has 1 rings (SSSR count). The molecule has 2 nitrogen and oxygen atoms in total. The van der Waals surface area contributed by atoms with Gasteiger partial charge in [0.05, 0.1) is 0 Å².